The Kier molecular flexibility index (Phi) is 7.47. The highest BCUT2D eigenvalue weighted by molar-refractivity contribution is 7.89. The predicted molar refractivity (Wildman–Crippen MR) is 117 cm³/mol. The molecule has 1 heterocycles. The molecule has 0 bridgehead atoms. The van der Waals surface area contributed by atoms with Gasteiger partial charge in [0.2, 0.25) is 26.0 Å². The number of sulfonamides is 2. The molecule has 3 rings (SSSR count). The third-order valence-corrected chi connectivity index (χ3v) is 8.96. The van der Waals surface area contributed by atoms with Crippen molar-refractivity contribution in [3.63, 3.8) is 0 Å². The minimum Gasteiger partial charge on any atom is -0.355 e. The molecule has 8 nitrogen and oxygen atoms in total. The molecule has 0 spiro atoms. The van der Waals surface area contributed by atoms with E-state index in [-0.39, 0.29) is 29.4 Å². The second-order valence-corrected chi connectivity index (χ2v) is 11.1. The maximum absolute atomic E-state index is 13.2. The van der Waals surface area contributed by atoms with Gasteiger partial charge in [0.1, 0.15) is 6.04 Å². The lowest BCUT2D eigenvalue weighted by Crippen LogP contribution is -2.61. The number of hydrogen-bond donors (Lipinski definition) is 1. The Bertz CT molecular complexity index is 1090. The summed E-state index contributed by atoms with van der Waals surface area (Å²) in [5.41, 5.74) is 0. The molecule has 0 aromatic heterocycles. The van der Waals surface area contributed by atoms with Gasteiger partial charge in [-0.3, -0.25) is 4.79 Å². The van der Waals surface area contributed by atoms with Gasteiger partial charge in [-0.05, 0) is 30.7 Å². The van der Waals surface area contributed by atoms with Crippen molar-refractivity contribution in [1.82, 2.24) is 13.9 Å². The van der Waals surface area contributed by atoms with E-state index in [4.69, 9.17) is 0 Å². The minimum atomic E-state index is -3.97. The Balaban J connectivity index is 1.92. The molecule has 0 aliphatic carbocycles. The number of unbranched alkanes of at least 4 members (excludes halogenated alkanes) is 1. The number of carbonyl (C=O) groups excluding carboxylic acids is 1. The van der Waals surface area contributed by atoms with Crippen LogP contribution >= 0.6 is 0 Å². The summed E-state index contributed by atoms with van der Waals surface area (Å²) in [6.07, 6.45) is 1.61. The molecule has 10 heteroatoms. The normalized spacial score (nSPS) is 18.5. The van der Waals surface area contributed by atoms with Crippen molar-refractivity contribution in [2.45, 2.75) is 35.6 Å². The van der Waals surface area contributed by atoms with E-state index in [2.05, 4.69) is 5.32 Å². The van der Waals surface area contributed by atoms with Gasteiger partial charge in [0, 0.05) is 26.2 Å². The molecule has 1 fully saturated rings. The van der Waals surface area contributed by atoms with Crippen molar-refractivity contribution in [3.05, 3.63) is 60.7 Å². The zero-order valence-corrected chi connectivity index (χ0v) is 19.0. The van der Waals surface area contributed by atoms with Gasteiger partial charge in [-0.2, -0.15) is 8.61 Å². The van der Waals surface area contributed by atoms with Crippen LogP contribution in [-0.4, -0.2) is 63.6 Å². The summed E-state index contributed by atoms with van der Waals surface area (Å²) in [4.78, 5) is 13.1. The summed E-state index contributed by atoms with van der Waals surface area (Å²) < 4.78 is 54.9. The Morgan fingerprint density at radius 1 is 0.903 bits per heavy atom. The number of amides is 1. The fourth-order valence-electron chi connectivity index (χ4n) is 3.44. The van der Waals surface area contributed by atoms with E-state index >= 15 is 0 Å². The molecule has 1 N–H and O–H groups in total. The summed E-state index contributed by atoms with van der Waals surface area (Å²) in [6, 6.07) is 14.6. The second-order valence-electron chi connectivity index (χ2n) is 7.27. The molecule has 2 aromatic carbocycles. The standard InChI is InChI=1S/C21H27N3O5S2/c1-2-3-14-22-21(25)20-17-23(30(26,27)18-10-6-4-7-11-18)15-16-24(20)31(28,29)19-12-8-5-9-13-19/h4-13,20H,2-3,14-17H2,1H3,(H,22,25)/t20-/m1/s1. The van der Waals surface area contributed by atoms with Crippen molar-refractivity contribution in [1.29, 1.82) is 0 Å². The molecule has 0 saturated carbocycles. The van der Waals surface area contributed by atoms with E-state index in [1.165, 1.54) is 28.6 Å². The quantitative estimate of drug-likeness (QED) is 0.597. The number of hydrogen-bond acceptors (Lipinski definition) is 5. The van der Waals surface area contributed by atoms with Gasteiger partial charge >= 0.3 is 0 Å². The molecule has 1 aliphatic rings. The fourth-order valence-corrected chi connectivity index (χ4v) is 6.49. The van der Waals surface area contributed by atoms with Crippen molar-refractivity contribution < 1.29 is 21.6 Å². The van der Waals surface area contributed by atoms with Crippen molar-refractivity contribution in [2.75, 3.05) is 26.2 Å². The second kappa shape index (κ2) is 9.90. The molecule has 1 atom stereocenters. The average molecular weight is 466 g/mol. The van der Waals surface area contributed by atoms with Gasteiger partial charge in [-0.15, -0.1) is 0 Å². The molecule has 1 amide bonds. The lowest BCUT2D eigenvalue weighted by atomic mass is 10.2. The molecule has 2 aromatic rings. The SMILES string of the molecule is CCCCNC(=O)[C@H]1CN(S(=O)(=O)c2ccccc2)CCN1S(=O)(=O)c1ccccc1. The minimum absolute atomic E-state index is 0.0397. The van der Waals surface area contributed by atoms with Crippen LogP contribution in [0.3, 0.4) is 0 Å². The van der Waals surface area contributed by atoms with E-state index < -0.39 is 32.0 Å². The smallest absolute Gasteiger partial charge is 0.243 e. The lowest BCUT2D eigenvalue weighted by molar-refractivity contribution is -0.125. The zero-order valence-electron chi connectivity index (χ0n) is 17.3. The summed E-state index contributed by atoms with van der Waals surface area (Å²) >= 11 is 0. The number of benzene rings is 2. The Morgan fingerprint density at radius 3 is 2.00 bits per heavy atom. The maximum atomic E-state index is 13.2. The third-order valence-electron chi connectivity index (χ3n) is 5.16. The van der Waals surface area contributed by atoms with Gasteiger partial charge in [-0.25, -0.2) is 16.8 Å². The number of rotatable bonds is 8. The third kappa shape index (κ3) is 5.15. The highest BCUT2D eigenvalue weighted by Crippen LogP contribution is 2.25. The van der Waals surface area contributed by atoms with Crippen LogP contribution in [0, 0.1) is 0 Å². The first-order valence-electron chi connectivity index (χ1n) is 10.2. The zero-order chi connectivity index (χ0) is 22.5. The highest BCUT2D eigenvalue weighted by Gasteiger charge is 2.43. The molecular formula is C21H27N3O5S2. The first-order chi connectivity index (χ1) is 14.8. The molecule has 1 saturated heterocycles. The van der Waals surface area contributed by atoms with Crippen LogP contribution in [-0.2, 0) is 24.8 Å². The van der Waals surface area contributed by atoms with Crippen LogP contribution in [0.4, 0.5) is 0 Å². The van der Waals surface area contributed by atoms with E-state index in [9.17, 15) is 21.6 Å². The van der Waals surface area contributed by atoms with Gasteiger partial charge in [0.05, 0.1) is 9.79 Å². The fraction of sp³-hybridized carbons (Fsp3) is 0.381. The van der Waals surface area contributed by atoms with Crippen LogP contribution in [0.5, 0.6) is 0 Å². The molecular weight excluding hydrogens is 438 g/mol. The molecule has 0 radical (unpaired) electrons. The van der Waals surface area contributed by atoms with Gasteiger partial charge in [-0.1, -0.05) is 49.7 Å². The van der Waals surface area contributed by atoms with Crippen LogP contribution in [0.1, 0.15) is 19.8 Å². The first kappa shape index (κ1) is 23.4. The predicted octanol–water partition coefficient (Wildman–Crippen LogP) is 1.67. The molecule has 0 unspecified atom stereocenters. The van der Waals surface area contributed by atoms with E-state index in [0.717, 1.165) is 17.1 Å². The van der Waals surface area contributed by atoms with Crippen molar-refractivity contribution >= 4 is 26.0 Å². The summed E-state index contributed by atoms with van der Waals surface area (Å²) in [7, 11) is -7.82. The van der Waals surface area contributed by atoms with Crippen molar-refractivity contribution in [2.24, 2.45) is 0 Å². The molecule has 168 valence electrons. The number of carbonyl (C=O) groups is 1. The topological polar surface area (TPSA) is 104 Å². The first-order valence-corrected chi connectivity index (χ1v) is 13.1. The van der Waals surface area contributed by atoms with Crippen molar-refractivity contribution in [3.8, 4) is 0 Å². The Morgan fingerprint density at radius 2 is 1.45 bits per heavy atom. The van der Waals surface area contributed by atoms with Crippen LogP contribution in [0.2, 0.25) is 0 Å². The average Bonchev–Trinajstić information content (AvgIpc) is 2.80. The van der Waals surface area contributed by atoms with E-state index in [1.807, 2.05) is 6.92 Å². The summed E-state index contributed by atoms with van der Waals surface area (Å²) in [5.74, 6) is -0.499. The highest BCUT2D eigenvalue weighted by atomic mass is 32.2. The maximum Gasteiger partial charge on any atom is 0.243 e. The number of nitrogens with zero attached hydrogens (tertiary/aromatic N) is 2. The number of piperazine rings is 1. The Labute approximate surface area is 184 Å². The summed E-state index contributed by atoms with van der Waals surface area (Å²) in [5, 5.41) is 2.75. The molecule has 31 heavy (non-hydrogen) atoms. The van der Waals surface area contributed by atoms with Gasteiger partial charge < -0.3 is 5.32 Å². The van der Waals surface area contributed by atoms with Crippen LogP contribution < -0.4 is 5.32 Å². The summed E-state index contributed by atoms with van der Waals surface area (Å²) in [6.45, 7) is 1.97. The molecule has 1 aliphatic heterocycles. The Hall–Kier alpha value is -2.27. The van der Waals surface area contributed by atoms with Gasteiger partial charge in [0.25, 0.3) is 0 Å². The van der Waals surface area contributed by atoms with Gasteiger partial charge in [0.15, 0.2) is 0 Å². The van der Waals surface area contributed by atoms with Crippen LogP contribution in [0.15, 0.2) is 70.5 Å². The lowest BCUT2D eigenvalue weighted by Gasteiger charge is -2.38. The largest absolute Gasteiger partial charge is 0.355 e. The number of nitrogens with one attached hydrogen (secondary N) is 1. The van der Waals surface area contributed by atoms with E-state index in [1.54, 1.807) is 36.4 Å². The van der Waals surface area contributed by atoms with E-state index in [0.29, 0.717) is 6.54 Å². The van der Waals surface area contributed by atoms with Crippen LogP contribution in [0.25, 0.3) is 0 Å². The monoisotopic (exact) mass is 465 g/mol.